The molecule has 14 heteroatoms. The van der Waals surface area contributed by atoms with Crippen molar-refractivity contribution in [1.82, 2.24) is 19.5 Å². The smallest absolute Gasteiger partial charge is 1.00 e. The van der Waals surface area contributed by atoms with Crippen LogP contribution in [0.3, 0.4) is 0 Å². The first-order valence-corrected chi connectivity index (χ1v) is 7.54. The van der Waals surface area contributed by atoms with Crippen LogP contribution in [0.4, 0.5) is 5.95 Å². The maximum absolute atomic E-state index is 11.6. The number of ether oxygens (including phenoxy) is 2. The molecule has 2 aromatic rings. The molecule has 0 saturated carbocycles. The van der Waals surface area contributed by atoms with Crippen molar-refractivity contribution in [2.75, 3.05) is 12.1 Å². The van der Waals surface area contributed by atoms with Crippen molar-refractivity contribution in [3.05, 3.63) is 16.7 Å². The fourth-order valence-corrected chi connectivity index (χ4v) is 1.90. The number of H-pyrrole nitrogens is 1. The largest absolute Gasteiger partial charge is 1.00 e. The third-order valence-corrected chi connectivity index (χ3v) is 2.90. The van der Waals surface area contributed by atoms with Gasteiger partial charge in [-0.05, 0) is 6.92 Å². The van der Waals surface area contributed by atoms with E-state index in [1.807, 2.05) is 0 Å². The van der Waals surface area contributed by atoms with E-state index < -0.39 is 25.8 Å². The van der Waals surface area contributed by atoms with Crippen molar-refractivity contribution >= 4 is 24.7 Å². The Morgan fingerprint density at radius 2 is 2.13 bits per heavy atom. The Hall–Kier alpha value is 0.220. The van der Waals surface area contributed by atoms with Crippen molar-refractivity contribution in [2.24, 2.45) is 0 Å². The second kappa shape index (κ2) is 9.64. The summed E-state index contributed by atoms with van der Waals surface area (Å²) < 4.78 is 22.1. The van der Waals surface area contributed by atoms with Crippen LogP contribution in [0, 0.1) is 0 Å². The molecule has 23 heavy (non-hydrogen) atoms. The molecule has 2 rings (SSSR count). The van der Waals surface area contributed by atoms with Gasteiger partial charge in [-0.3, -0.25) is 18.9 Å². The molecule has 0 spiro atoms. The molecule has 0 aliphatic heterocycles. The Kier molecular flexibility index (Phi) is 9.73. The van der Waals surface area contributed by atoms with Gasteiger partial charge in [0.25, 0.3) is 5.56 Å². The van der Waals surface area contributed by atoms with E-state index in [9.17, 15) is 9.36 Å². The van der Waals surface area contributed by atoms with Crippen LogP contribution in [0.15, 0.2) is 11.1 Å². The number of nitrogens with zero attached hydrogens (tertiary/aromatic N) is 3. The van der Waals surface area contributed by atoms with Gasteiger partial charge < -0.3 is 27.8 Å². The van der Waals surface area contributed by atoms with E-state index in [4.69, 9.17) is 25.0 Å². The van der Waals surface area contributed by atoms with Gasteiger partial charge in [0.1, 0.15) is 6.73 Å². The van der Waals surface area contributed by atoms with Crippen LogP contribution in [0.25, 0.3) is 11.2 Å². The molecule has 1 unspecified atom stereocenters. The molecule has 0 amide bonds. The quantitative estimate of drug-likeness (QED) is 0.221. The number of imidazole rings is 1. The van der Waals surface area contributed by atoms with Crippen molar-refractivity contribution < 1.29 is 85.8 Å². The van der Waals surface area contributed by atoms with Crippen LogP contribution in [-0.4, -0.2) is 41.9 Å². The first kappa shape index (κ1) is 23.2. The summed E-state index contributed by atoms with van der Waals surface area (Å²) in [6.07, 6.45) is -0.277. The minimum Gasteiger partial charge on any atom is -1.00 e. The molecule has 0 bridgehead atoms. The molecular formula is C9H16N5Na2O6P. The first-order chi connectivity index (χ1) is 9.76. The molecule has 0 fully saturated rings. The zero-order valence-corrected chi connectivity index (χ0v) is 17.9. The molecule has 0 aliphatic rings. The summed E-state index contributed by atoms with van der Waals surface area (Å²) in [5, 5.41) is 0. The van der Waals surface area contributed by atoms with Crippen molar-refractivity contribution in [3.8, 4) is 0 Å². The van der Waals surface area contributed by atoms with Crippen LogP contribution < -0.4 is 70.4 Å². The second-order valence-electron chi connectivity index (χ2n) is 4.16. The zero-order valence-electron chi connectivity index (χ0n) is 15.0. The van der Waals surface area contributed by atoms with E-state index >= 15 is 0 Å². The zero-order chi connectivity index (χ0) is 15.6. The molecule has 0 saturated heterocycles. The average molecular weight is 367 g/mol. The van der Waals surface area contributed by atoms with E-state index in [0.717, 1.165) is 0 Å². The average Bonchev–Trinajstić information content (AvgIpc) is 2.76. The molecule has 0 radical (unpaired) electrons. The van der Waals surface area contributed by atoms with E-state index in [1.165, 1.54) is 17.8 Å². The maximum atomic E-state index is 11.6. The second-order valence-corrected chi connectivity index (χ2v) is 5.75. The van der Waals surface area contributed by atoms with Crippen molar-refractivity contribution in [2.45, 2.75) is 19.9 Å². The van der Waals surface area contributed by atoms with Gasteiger partial charge in [0.2, 0.25) is 5.95 Å². The first-order valence-electron chi connectivity index (χ1n) is 5.74. The van der Waals surface area contributed by atoms with E-state index in [2.05, 4.69) is 15.0 Å². The monoisotopic (exact) mass is 367 g/mol. The predicted molar refractivity (Wildman–Crippen MR) is 73.3 cm³/mol. The van der Waals surface area contributed by atoms with E-state index in [1.54, 1.807) is 0 Å². The topological polar surface area (TPSA) is 166 Å². The van der Waals surface area contributed by atoms with Gasteiger partial charge in [0.05, 0.1) is 6.33 Å². The SMILES string of the molecule is CC(OCn1cnc2c(=O)[nH]c(N)nc21)OCP(=O)(O)O.[H-].[H-].[Na+].[Na+]. The number of aromatic nitrogens is 4. The van der Waals surface area contributed by atoms with Gasteiger partial charge in [-0.2, -0.15) is 4.98 Å². The number of hydrogen-bond acceptors (Lipinski definition) is 7. The number of nitrogens with two attached hydrogens (primary N) is 1. The third-order valence-electron chi connectivity index (χ3n) is 2.42. The summed E-state index contributed by atoms with van der Waals surface area (Å²) in [6.45, 7) is 1.40. The molecule has 120 valence electrons. The Labute approximate surface area is 177 Å². The molecule has 0 aromatic carbocycles. The van der Waals surface area contributed by atoms with Gasteiger partial charge in [-0.15, -0.1) is 0 Å². The van der Waals surface area contributed by atoms with Crippen LogP contribution >= 0.6 is 7.60 Å². The summed E-state index contributed by atoms with van der Waals surface area (Å²) in [5.74, 6) is -0.0555. The number of hydrogen-bond donors (Lipinski definition) is 4. The maximum Gasteiger partial charge on any atom is 1.00 e. The van der Waals surface area contributed by atoms with E-state index in [-0.39, 0.29) is 85.8 Å². The van der Waals surface area contributed by atoms with Crippen molar-refractivity contribution in [1.29, 1.82) is 0 Å². The van der Waals surface area contributed by atoms with Gasteiger partial charge in [-0.1, -0.05) is 0 Å². The fourth-order valence-electron chi connectivity index (χ4n) is 1.50. The summed E-state index contributed by atoms with van der Waals surface area (Å²) in [7, 11) is -4.25. The third kappa shape index (κ3) is 6.92. The summed E-state index contributed by atoms with van der Waals surface area (Å²) in [4.78, 5) is 39.0. The van der Waals surface area contributed by atoms with E-state index in [0.29, 0.717) is 0 Å². The molecule has 0 aliphatic carbocycles. The predicted octanol–water partition coefficient (Wildman–Crippen LogP) is -6.59. The molecule has 2 aromatic heterocycles. The van der Waals surface area contributed by atoms with Crippen LogP contribution in [0.1, 0.15) is 9.78 Å². The Morgan fingerprint density at radius 3 is 2.74 bits per heavy atom. The number of nitrogen functional groups attached to an aromatic ring is 1. The summed E-state index contributed by atoms with van der Waals surface area (Å²) >= 11 is 0. The fraction of sp³-hybridized carbons (Fsp3) is 0.444. The van der Waals surface area contributed by atoms with Gasteiger partial charge in [-0.25, -0.2) is 4.98 Å². The minimum absolute atomic E-state index is 0. The number of anilines is 1. The van der Waals surface area contributed by atoms with Crippen molar-refractivity contribution in [3.63, 3.8) is 0 Å². The van der Waals surface area contributed by atoms with Crippen LogP contribution in [0.5, 0.6) is 0 Å². The Bertz CT molecular complexity index is 756. The number of fused-ring (bicyclic) bond motifs is 1. The number of rotatable bonds is 6. The van der Waals surface area contributed by atoms with Crippen LogP contribution in [-0.2, 0) is 20.8 Å². The summed E-state index contributed by atoms with van der Waals surface area (Å²) in [6, 6.07) is 0. The van der Waals surface area contributed by atoms with Gasteiger partial charge in [0, 0.05) is 0 Å². The molecule has 2 heterocycles. The molecular weight excluding hydrogens is 351 g/mol. The standard InChI is InChI=1S/C9H14N5O6P.2Na.2H/c1-5(20-4-21(16,17)18)19-3-14-2-11-6-7(14)12-9(10)13-8(6)15;;;;/h2,5H,3-4H2,1H3,(H2,16,17,18)(H3,10,12,13,15);;;;/q;2*+1;2*-1. The molecule has 11 nitrogen and oxygen atoms in total. The molecule has 5 N–H and O–H groups in total. The number of nitrogens with one attached hydrogen (secondary N) is 1. The van der Waals surface area contributed by atoms with Gasteiger partial charge in [0.15, 0.2) is 23.8 Å². The Morgan fingerprint density at radius 1 is 1.48 bits per heavy atom. The number of aromatic amines is 1. The summed E-state index contributed by atoms with van der Waals surface area (Å²) in [5.41, 5.74) is 5.32. The molecule has 1 atom stereocenters. The normalized spacial score (nSPS) is 12.5. The minimum atomic E-state index is -4.25. The van der Waals surface area contributed by atoms with Crippen LogP contribution in [0.2, 0.25) is 0 Å². The van der Waals surface area contributed by atoms with Gasteiger partial charge >= 0.3 is 66.7 Å². The Balaban J connectivity index is -0.00000121.